The van der Waals surface area contributed by atoms with Crippen LogP contribution in [0.3, 0.4) is 0 Å². The molecule has 0 aliphatic heterocycles. The summed E-state index contributed by atoms with van der Waals surface area (Å²) in [7, 11) is 4.62. The quantitative estimate of drug-likeness (QED) is 0.270. The number of rotatable bonds is 4. The minimum Gasteiger partial charge on any atom is -0.467 e. The van der Waals surface area contributed by atoms with Gasteiger partial charge in [0.2, 0.25) is 0 Å². The molecule has 0 aromatic carbocycles. The standard InChI is InChI=1S/C11H14N4O2.C10H12N4O2.C2H5I/c1-6(2)8-10(16)15(3)9-7(13-8)5-12-11(14-9)17-4;1-5(2)7-9(15)13-8-6(12-7)4-11-10(14-8)16-3;1-2-3/h5-6H,1-4H3;4-5H,1-3H3,(H,11,13,14,15);2H2,1H3. The average molecular weight is 610 g/mol. The number of fused-ring (bicyclic) bond motifs is 2. The fourth-order valence-corrected chi connectivity index (χ4v) is 2.97. The van der Waals surface area contributed by atoms with E-state index in [1.54, 1.807) is 13.2 Å². The first-order chi connectivity index (χ1) is 17.1. The Hall–Kier alpha value is -3.23. The molecular formula is C23H31IN8O4. The van der Waals surface area contributed by atoms with Crippen LogP contribution >= 0.6 is 22.6 Å². The maximum Gasteiger partial charge on any atom is 0.318 e. The minimum absolute atomic E-state index is 0.0650. The van der Waals surface area contributed by atoms with Crippen molar-refractivity contribution < 1.29 is 9.47 Å². The molecule has 36 heavy (non-hydrogen) atoms. The van der Waals surface area contributed by atoms with Gasteiger partial charge in [-0.05, 0) is 4.43 Å². The molecule has 0 bridgehead atoms. The molecule has 4 aromatic rings. The van der Waals surface area contributed by atoms with Crippen LogP contribution in [0.4, 0.5) is 0 Å². The summed E-state index contributed by atoms with van der Waals surface area (Å²) in [5.41, 5.74) is 2.68. The lowest BCUT2D eigenvalue weighted by Crippen LogP contribution is -2.25. The number of hydrogen-bond donors (Lipinski definition) is 1. The number of nitrogens with one attached hydrogen (secondary N) is 1. The van der Waals surface area contributed by atoms with Crippen LogP contribution in [0.5, 0.6) is 12.0 Å². The van der Waals surface area contributed by atoms with Crippen molar-refractivity contribution in [3.05, 3.63) is 44.5 Å². The number of aromatic amines is 1. The number of H-pyrrole nitrogens is 1. The molecule has 0 unspecified atom stereocenters. The molecule has 0 fully saturated rings. The molecule has 13 heteroatoms. The summed E-state index contributed by atoms with van der Waals surface area (Å²) in [5, 5.41) is 0. The predicted octanol–water partition coefficient (Wildman–Crippen LogP) is 3.14. The molecule has 0 radical (unpaired) electrons. The number of nitrogens with zero attached hydrogens (tertiary/aromatic N) is 7. The Kier molecular flexibility index (Phi) is 10.6. The summed E-state index contributed by atoms with van der Waals surface area (Å²) >= 11 is 2.29. The number of methoxy groups -OCH3 is 2. The Labute approximate surface area is 222 Å². The van der Waals surface area contributed by atoms with Crippen molar-refractivity contribution in [1.29, 1.82) is 0 Å². The number of ether oxygens (including phenoxy) is 2. The van der Waals surface area contributed by atoms with Crippen LogP contribution in [0.25, 0.3) is 22.3 Å². The third kappa shape index (κ3) is 6.92. The van der Waals surface area contributed by atoms with Gasteiger partial charge in [0, 0.05) is 18.9 Å². The maximum atomic E-state index is 12.0. The average Bonchev–Trinajstić information content (AvgIpc) is 2.85. The van der Waals surface area contributed by atoms with Crippen molar-refractivity contribution in [1.82, 2.24) is 39.5 Å². The summed E-state index contributed by atoms with van der Waals surface area (Å²) < 4.78 is 12.5. The van der Waals surface area contributed by atoms with E-state index in [4.69, 9.17) is 9.47 Å². The van der Waals surface area contributed by atoms with Gasteiger partial charge in [-0.25, -0.2) is 19.9 Å². The smallest absolute Gasteiger partial charge is 0.318 e. The van der Waals surface area contributed by atoms with E-state index in [2.05, 4.69) is 64.4 Å². The van der Waals surface area contributed by atoms with E-state index in [1.807, 2.05) is 27.7 Å². The molecule has 0 amide bonds. The Morgan fingerprint density at radius 2 is 1.39 bits per heavy atom. The molecule has 194 valence electrons. The van der Waals surface area contributed by atoms with Crippen molar-refractivity contribution in [2.24, 2.45) is 7.05 Å². The topological polar surface area (TPSA) is 151 Å². The number of hydrogen-bond acceptors (Lipinski definition) is 10. The van der Waals surface area contributed by atoms with Crippen molar-refractivity contribution in [2.45, 2.75) is 46.5 Å². The highest BCUT2D eigenvalue weighted by molar-refractivity contribution is 14.1. The lowest BCUT2D eigenvalue weighted by molar-refractivity contribution is 0.381. The lowest BCUT2D eigenvalue weighted by atomic mass is 10.1. The number of alkyl halides is 1. The van der Waals surface area contributed by atoms with Gasteiger partial charge in [0.15, 0.2) is 11.3 Å². The molecule has 4 aromatic heterocycles. The van der Waals surface area contributed by atoms with E-state index in [0.29, 0.717) is 33.7 Å². The van der Waals surface area contributed by atoms with Crippen LogP contribution in [0, 0.1) is 0 Å². The van der Waals surface area contributed by atoms with E-state index in [-0.39, 0.29) is 35.0 Å². The van der Waals surface area contributed by atoms with E-state index >= 15 is 0 Å². The summed E-state index contributed by atoms with van der Waals surface area (Å²) in [6.07, 6.45) is 3.09. The van der Waals surface area contributed by atoms with E-state index in [0.717, 1.165) is 0 Å². The Bertz CT molecular complexity index is 1440. The zero-order valence-electron chi connectivity index (χ0n) is 21.7. The number of aromatic nitrogens is 8. The van der Waals surface area contributed by atoms with E-state index < -0.39 is 0 Å². The van der Waals surface area contributed by atoms with Crippen molar-refractivity contribution >= 4 is 44.9 Å². The second-order valence-corrected chi connectivity index (χ2v) is 9.57. The molecule has 0 aliphatic rings. The Balaban J connectivity index is 0.000000229. The molecule has 0 saturated carbocycles. The SMILES string of the molecule is CCI.COc1ncc2nc(C(C)C)c(=O)[nH]c2n1.COc1ncc2nc(C(C)C)c(=O)n(C)c2n1. The summed E-state index contributed by atoms with van der Waals surface area (Å²) in [5.74, 6) is 0.135. The van der Waals surface area contributed by atoms with Crippen LogP contribution in [-0.4, -0.2) is 58.1 Å². The second-order valence-electron chi connectivity index (χ2n) is 8.05. The monoisotopic (exact) mass is 610 g/mol. The first kappa shape index (κ1) is 29.0. The molecule has 4 heterocycles. The van der Waals surface area contributed by atoms with E-state index in [1.165, 1.54) is 29.4 Å². The molecular weight excluding hydrogens is 579 g/mol. The first-order valence-electron chi connectivity index (χ1n) is 11.2. The predicted molar refractivity (Wildman–Crippen MR) is 146 cm³/mol. The van der Waals surface area contributed by atoms with Crippen LogP contribution in [0.2, 0.25) is 0 Å². The fourth-order valence-electron chi connectivity index (χ4n) is 2.97. The first-order valence-corrected chi connectivity index (χ1v) is 12.7. The lowest BCUT2D eigenvalue weighted by Gasteiger charge is -2.09. The third-order valence-corrected chi connectivity index (χ3v) is 4.72. The zero-order chi connectivity index (χ0) is 27.0. The van der Waals surface area contributed by atoms with Crippen LogP contribution in [0.15, 0.2) is 22.0 Å². The van der Waals surface area contributed by atoms with Crippen molar-refractivity contribution in [2.75, 3.05) is 18.6 Å². The molecule has 0 atom stereocenters. The maximum absolute atomic E-state index is 12.0. The molecule has 1 N–H and O–H groups in total. The van der Waals surface area contributed by atoms with Gasteiger partial charge in [0.1, 0.15) is 22.4 Å². The molecule has 4 rings (SSSR count). The van der Waals surface area contributed by atoms with Crippen molar-refractivity contribution in [3.8, 4) is 12.0 Å². The highest BCUT2D eigenvalue weighted by Gasteiger charge is 2.13. The summed E-state index contributed by atoms with van der Waals surface area (Å²) in [6, 6.07) is 0.439. The van der Waals surface area contributed by atoms with Gasteiger partial charge in [-0.2, -0.15) is 9.97 Å². The Morgan fingerprint density at radius 3 is 1.92 bits per heavy atom. The van der Waals surface area contributed by atoms with Gasteiger partial charge < -0.3 is 14.5 Å². The number of halogens is 1. The summed E-state index contributed by atoms with van der Waals surface area (Å²) in [6.45, 7) is 9.79. The molecule has 0 saturated heterocycles. The molecule has 0 aliphatic carbocycles. The van der Waals surface area contributed by atoms with Gasteiger partial charge in [0.25, 0.3) is 11.1 Å². The van der Waals surface area contributed by atoms with Gasteiger partial charge >= 0.3 is 12.0 Å². The molecule has 0 spiro atoms. The van der Waals surface area contributed by atoms with Gasteiger partial charge in [-0.1, -0.05) is 57.2 Å². The number of aryl methyl sites for hydroxylation is 1. The summed E-state index contributed by atoms with van der Waals surface area (Å²) in [4.78, 5) is 50.9. The largest absolute Gasteiger partial charge is 0.467 e. The minimum atomic E-state index is -0.219. The Morgan fingerprint density at radius 1 is 0.889 bits per heavy atom. The third-order valence-electron chi connectivity index (χ3n) is 4.72. The van der Waals surface area contributed by atoms with Gasteiger partial charge in [-0.15, -0.1) is 0 Å². The fraction of sp³-hybridized carbons (Fsp3) is 0.478. The zero-order valence-corrected chi connectivity index (χ0v) is 23.8. The van der Waals surface area contributed by atoms with Crippen molar-refractivity contribution in [3.63, 3.8) is 0 Å². The van der Waals surface area contributed by atoms with Crippen LogP contribution in [-0.2, 0) is 7.05 Å². The molecule has 12 nitrogen and oxygen atoms in total. The highest BCUT2D eigenvalue weighted by atomic mass is 127. The van der Waals surface area contributed by atoms with Gasteiger partial charge in [-0.3, -0.25) is 14.2 Å². The van der Waals surface area contributed by atoms with E-state index in [9.17, 15) is 9.59 Å². The highest BCUT2D eigenvalue weighted by Crippen LogP contribution is 2.14. The van der Waals surface area contributed by atoms with Crippen LogP contribution in [0.1, 0.15) is 57.8 Å². The normalized spacial score (nSPS) is 10.6. The second kappa shape index (κ2) is 13.2. The van der Waals surface area contributed by atoms with Crippen LogP contribution < -0.4 is 20.6 Å². The van der Waals surface area contributed by atoms with Gasteiger partial charge in [0.05, 0.1) is 26.6 Å².